The number of rotatable bonds is 7. The highest BCUT2D eigenvalue weighted by Gasteiger charge is 2.16. The van der Waals surface area contributed by atoms with Gasteiger partial charge in [-0.3, -0.25) is 0 Å². The maximum atomic E-state index is 5.72. The third kappa shape index (κ3) is 5.66. The quantitative estimate of drug-likeness (QED) is 0.694. The van der Waals surface area contributed by atoms with Crippen LogP contribution in [0, 0.1) is 0 Å². The molecule has 5 heteroatoms. The summed E-state index contributed by atoms with van der Waals surface area (Å²) in [4.78, 5) is 0. The van der Waals surface area contributed by atoms with Crippen LogP contribution in [0.3, 0.4) is 0 Å². The molecule has 0 amide bonds. The smallest absolute Gasteiger partial charge is 0.138 e. The van der Waals surface area contributed by atoms with E-state index in [0.29, 0.717) is 6.61 Å². The Kier molecular flexibility index (Phi) is 7.22. The fraction of sp³-hybridized carbons (Fsp3) is 0.571. The fourth-order valence-corrected chi connectivity index (χ4v) is 3.30. The second-order valence-corrected chi connectivity index (χ2v) is 8.16. The standard InChI is InChI=1S/C14H21Br2NOS/c1-5-18-13-10(6-11(15)7-12(13)16)8-17-9-14(2,3)19-4/h6-7,17H,5,8-9H2,1-4H3. The van der Waals surface area contributed by atoms with Crippen molar-refractivity contribution in [3.05, 3.63) is 26.6 Å². The molecule has 1 aromatic carbocycles. The second-order valence-electron chi connectivity index (χ2n) is 4.88. The van der Waals surface area contributed by atoms with Crippen molar-refractivity contribution in [2.75, 3.05) is 19.4 Å². The summed E-state index contributed by atoms with van der Waals surface area (Å²) in [5.74, 6) is 0.931. The lowest BCUT2D eigenvalue weighted by Gasteiger charge is -2.23. The molecule has 19 heavy (non-hydrogen) atoms. The summed E-state index contributed by atoms with van der Waals surface area (Å²) in [7, 11) is 0. The number of hydrogen-bond donors (Lipinski definition) is 1. The van der Waals surface area contributed by atoms with Gasteiger partial charge in [0.1, 0.15) is 5.75 Å². The Morgan fingerprint density at radius 3 is 2.58 bits per heavy atom. The van der Waals surface area contributed by atoms with E-state index < -0.39 is 0 Å². The van der Waals surface area contributed by atoms with Gasteiger partial charge in [-0.1, -0.05) is 15.9 Å². The highest BCUT2D eigenvalue weighted by molar-refractivity contribution is 9.11. The Labute approximate surface area is 137 Å². The van der Waals surface area contributed by atoms with Crippen molar-refractivity contribution in [2.45, 2.75) is 32.1 Å². The molecule has 0 aromatic heterocycles. The molecule has 0 aliphatic carbocycles. The maximum Gasteiger partial charge on any atom is 0.138 e. The summed E-state index contributed by atoms with van der Waals surface area (Å²) < 4.78 is 8.01. The van der Waals surface area contributed by atoms with Crippen LogP contribution in [-0.4, -0.2) is 24.2 Å². The lowest BCUT2D eigenvalue weighted by molar-refractivity contribution is 0.333. The summed E-state index contributed by atoms with van der Waals surface area (Å²) in [6.07, 6.45) is 2.14. The Hall–Kier alpha value is 0.290. The van der Waals surface area contributed by atoms with Crippen LogP contribution in [0.2, 0.25) is 0 Å². The van der Waals surface area contributed by atoms with E-state index in [1.54, 1.807) is 0 Å². The lowest BCUT2D eigenvalue weighted by Crippen LogP contribution is -2.31. The molecule has 1 rings (SSSR count). The molecule has 0 unspecified atom stereocenters. The van der Waals surface area contributed by atoms with E-state index in [2.05, 4.69) is 63.3 Å². The van der Waals surface area contributed by atoms with Crippen molar-refractivity contribution in [2.24, 2.45) is 0 Å². The average Bonchev–Trinajstić information content (AvgIpc) is 2.33. The van der Waals surface area contributed by atoms with Crippen molar-refractivity contribution >= 4 is 43.6 Å². The highest BCUT2D eigenvalue weighted by atomic mass is 79.9. The first kappa shape index (κ1) is 17.3. The molecule has 1 aromatic rings. The second kappa shape index (κ2) is 7.91. The molecule has 0 saturated carbocycles. The first-order valence-electron chi connectivity index (χ1n) is 6.26. The van der Waals surface area contributed by atoms with Gasteiger partial charge in [-0.25, -0.2) is 0 Å². The molecular formula is C14H21Br2NOS. The van der Waals surface area contributed by atoms with Crippen LogP contribution in [0.4, 0.5) is 0 Å². The average molecular weight is 411 g/mol. The predicted molar refractivity (Wildman–Crippen MR) is 92.3 cm³/mol. The van der Waals surface area contributed by atoms with Gasteiger partial charge < -0.3 is 10.1 Å². The molecule has 0 spiro atoms. The predicted octanol–water partition coefficient (Wildman–Crippen LogP) is 4.84. The van der Waals surface area contributed by atoms with Crippen LogP contribution in [0.5, 0.6) is 5.75 Å². The molecule has 0 fully saturated rings. The van der Waals surface area contributed by atoms with Crippen molar-refractivity contribution in [1.29, 1.82) is 0 Å². The van der Waals surface area contributed by atoms with Gasteiger partial charge in [0.15, 0.2) is 0 Å². The van der Waals surface area contributed by atoms with Gasteiger partial charge >= 0.3 is 0 Å². The van der Waals surface area contributed by atoms with Gasteiger partial charge in [-0.2, -0.15) is 11.8 Å². The normalized spacial score (nSPS) is 11.7. The first-order chi connectivity index (χ1) is 8.89. The van der Waals surface area contributed by atoms with Crippen LogP contribution >= 0.6 is 43.6 Å². The lowest BCUT2D eigenvalue weighted by atomic mass is 10.1. The zero-order valence-corrected chi connectivity index (χ0v) is 15.8. The van der Waals surface area contributed by atoms with E-state index >= 15 is 0 Å². The Balaban J connectivity index is 2.76. The fourth-order valence-electron chi connectivity index (χ4n) is 1.62. The molecular weight excluding hydrogens is 390 g/mol. The SMILES string of the molecule is CCOc1c(Br)cc(Br)cc1CNCC(C)(C)SC. The third-order valence-electron chi connectivity index (χ3n) is 2.79. The summed E-state index contributed by atoms with van der Waals surface area (Å²) in [6, 6.07) is 4.12. The minimum atomic E-state index is 0.245. The minimum Gasteiger partial charge on any atom is -0.492 e. The van der Waals surface area contributed by atoms with Crippen LogP contribution in [0.1, 0.15) is 26.3 Å². The third-order valence-corrected chi connectivity index (χ3v) is 5.09. The molecule has 0 aliphatic heterocycles. The van der Waals surface area contributed by atoms with E-state index in [4.69, 9.17) is 4.74 Å². The zero-order valence-electron chi connectivity index (χ0n) is 11.8. The molecule has 0 atom stereocenters. The molecule has 0 radical (unpaired) electrons. The van der Waals surface area contributed by atoms with E-state index in [0.717, 1.165) is 27.8 Å². The summed E-state index contributed by atoms with van der Waals surface area (Å²) in [5.41, 5.74) is 1.17. The Morgan fingerprint density at radius 2 is 2.00 bits per heavy atom. The number of hydrogen-bond acceptors (Lipinski definition) is 3. The van der Waals surface area contributed by atoms with Gasteiger partial charge in [-0.05, 0) is 55.1 Å². The highest BCUT2D eigenvalue weighted by Crippen LogP contribution is 2.33. The molecule has 0 aliphatic rings. The summed E-state index contributed by atoms with van der Waals surface area (Å²) in [5, 5.41) is 3.50. The van der Waals surface area contributed by atoms with Crippen molar-refractivity contribution < 1.29 is 4.74 Å². The minimum absolute atomic E-state index is 0.245. The number of thioether (sulfide) groups is 1. The number of benzene rings is 1. The molecule has 0 bridgehead atoms. The molecule has 0 saturated heterocycles. The number of halogens is 2. The van der Waals surface area contributed by atoms with E-state index in [9.17, 15) is 0 Å². The molecule has 0 heterocycles. The molecule has 2 nitrogen and oxygen atoms in total. The number of ether oxygens (including phenoxy) is 1. The Bertz CT molecular complexity index is 424. The van der Waals surface area contributed by atoms with Gasteiger partial charge in [0.2, 0.25) is 0 Å². The van der Waals surface area contributed by atoms with Gasteiger partial charge in [0.25, 0.3) is 0 Å². The topological polar surface area (TPSA) is 21.3 Å². The van der Waals surface area contributed by atoms with Gasteiger partial charge in [0, 0.05) is 27.9 Å². The van der Waals surface area contributed by atoms with E-state index in [-0.39, 0.29) is 4.75 Å². The summed E-state index contributed by atoms with van der Waals surface area (Å²) >= 11 is 8.95. The van der Waals surface area contributed by atoms with Crippen LogP contribution < -0.4 is 10.1 Å². The largest absolute Gasteiger partial charge is 0.492 e. The Morgan fingerprint density at radius 1 is 1.32 bits per heavy atom. The van der Waals surface area contributed by atoms with Crippen LogP contribution in [-0.2, 0) is 6.54 Å². The van der Waals surface area contributed by atoms with Crippen molar-refractivity contribution in [1.82, 2.24) is 5.32 Å². The van der Waals surface area contributed by atoms with Crippen LogP contribution in [0.15, 0.2) is 21.1 Å². The van der Waals surface area contributed by atoms with Crippen molar-refractivity contribution in [3.8, 4) is 5.75 Å². The van der Waals surface area contributed by atoms with E-state index in [1.165, 1.54) is 5.56 Å². The molecule has 108 valence electrons. The van der Waals surface area contributed by atoms with Gasteiger partial charge in [-0.15, -0.1) is 0 Å². The number of nitrogens with one attached hydrogen (secondary N) is 1. The maximum absolute atomic E-state index is 5.72. The van der Waals surface area contributed by atoms with Gasteiger partial charge in [0.05, 0.1) is 11.1 Å². The van der Waals surface area contributed by atoms with Crippen LogP contribution in [0.25, 0.3) is 0 Å². The molecule has 1 N–H and O–H groups in total. The monoisotopic (exact) mass is 409 g/mol. The van der Waals surface area contributed by atoms with E-state index in [1.807, 2.05) is 24.8 Å². The zero-order chi connectivity index (χ0) is 14.5. The van der Waals surface area contributed by atoms with Crippen molar-refractivity contribution in [3.63, 3.8) is 0 Å². The first-order valence-corrected chi connectivity index (χ1v) is 9.07. The summed E-state index contributed by atoms with van der Waals surface area (Å²) in [6.45, 7) is 8.92.